The fourth-order valence-electron chi connectivity index (χ4n) is 3.51. The summed E-state index contributed by atoms with van der Waals surface area (Å²) in [5, 5.41) is 4.33. The summed E-state index contributed by atoms with van der Waals surface area (Å²) in [4.78, 5) is 15.1. The molecule has 0 spiro atoms. The molecule has 4 nitrogen and oxygen atoms in total. The molecule has 0 radical (unpaired) electrons. The van der Waals surface area contributed by atoms with E-state index >= 15 is 0 Å². The van der Waals surface area contributed by atoms with Gasteiger partial charge in [0.05, 0.1) is 0 Å². The Hall–Kier alpha value is -1.81. The van der Waals surface area contributed by atoms with E-state index < -0.39 is 0 Å². The van der Waals surface area contributed by atoms with Crippen LogP contribution in [-0.4, -0.2) is 41.1 Å². The number of aryl methyl sites for hydroxylation is 1. The van der Waals surface area contributed by atoms with E-state index in [0.717, 1.165) is 42.7 Å². The largest absolute Gasteiger partial charge is 0.347 e. The van der Waals surface area contributed by atoms with Crippen LogP contribution in [0, 0.1) is 0 Å². The molecule has 1 aromatic carbocycles. The van der Waals surface area contributed by atoms with Gasteiger partial charge in [-0.3, -0.25) is 4.79 Å². The van der Waals surface area contributed by atoms with Gasteiger partial charge in [-0.1, -0.05) is 38.0 Å². The van der Waals surface area contributed by atoms with E-state index in [0.29, 0.717) is 0 Å². The summed E-state index contributed by atoms with van der Waals surface area (Å²) >= 11 is 0. The van der Waals surface area contributed by atoms with Gasteiger partial charge in [0.15, 0.2) is 0 Å². The van der Waals surface area contributed by atoms with Crippen LogP contribution in [0.15, 0.2) is 30.3 Å². The first-order chi connectivity index (χ1) is 11.2. The molecule has 0 saturated carbocycles. The second-order valence-electron chi connectivity index (χ2n) is 6.61. The number of fused-ring (bicyclic) bond motifs is 1. The molecule has 124 valence electrons. The molecule has 0 aliphatic carbocycles. The molecule has 1 aliphatic heterocycles. The summed E-state index contributed by atoms with van der Waals surface area (Å²) in [5.41, 5.74) is 1.85. The third-order valence-corrected chi connectivity index (χ3v) is 4.87. The summed E-state index contributed by atoms with van der Waals surface area (Å²) < 4.78 is 1.98. The van der Waals surface area contributed by atoms with Crippen LogP contribution in [0.25, 0.3) is 10.9 Å². The zero-order valence-electron chi connectivity index (χ0n) is 14.2. The van der Waals surface area contributed by atoms with E-state index in [1.807, 2.05) is 29.8 Å². The number of rotatable bonds is 6. The Balaban J connectivity index is 1.60. The van der Waals surface area contributed by atoms with Gasteiger partial charge < -0.3 is 14.8 Å². The zero-order valence-corrected chi connectivity index (χ0v) is 14.2. The molecule has 1 aliphatic rings. The maximum Gasteiger partial charge on any atom is 0.268 e. The van der Waals surface area contributed by atoms with Crippen molar-refractivity contribution in [2.45, 2.75) is 38.6 Å². The van der Waals surface area contributed by atoms with Crippen LogP contribution in [0.3, 0.4) is 0 Å². The van der Waals surface area contributed by atoms with Gasteiger partial charge in [-0.25, -0.2) is 0 Å². The van der Waals surface area contributed by atoms with Crippen molar-refractivity contribution in [2.24, 2.45) is 7.05 Å². The van der Waals surface area contributed by atoms with Crippen molar-refractivity contribution < 1.29 is 4.79 Å². The van der Waals surface area contributed by atoms with E-state index in [9.17, 15) is 4.79 Å². The standard InChI is InChI=1S/C19H27N3O/c1-3-4-7-11-22-12-10-16(14-22)20-19(23)18-13-15-8-5-6-9-17(15)21(18)2/h5-6,8-9,13,16H,3-4,7,10-12,14H2,1-2H3,(H,20,23)/t16-/m0/s1. The normalized spacial score (nSPS) is 18.6. The Bertz CT molecular complexity index is 676. The minimum Gasteiger partial charge on any atom is -0.347 e. The average Bonchev–Trinajstić information content (AvgIpc) is 3.13. The number of aromatic nitrogens is 1. The molecule has 0 bridgehead atoms. The van der Waals surface area contributed by atoms with Gasteiger partial charge >= 0.3 is 0 Å². The van der Waals surface area contributed by atoms with E-state index in [2.05, 4.69) is 29.3 Å². The molecule has 1 fully saturated rings. The zero-order chi connectivity index (χ0) is 16.2. The summed E-state index contributed by atoms with van der Waals surface area (Å²) in [6.07, 6.45) is 4.88. The first-order valence-electron chi connectivity index (χ1n) is 8.76. The van der Waals surface area contributed by atoms with Gasteiger partial charge in [0, 0.05) is 37.1 Å². The topological polar surface area (TPSA) is 37.3 Å². The van der Waals surface area contributed by atoms with Gasteiger partial charge in [-0.05, 0) is 31.5 Å². The number of nitrogens with one attached hydrogen (secondary N) is 1. The molecular weight excluding hydrogens is 286 g/mol. The van der Waals surface area contributed by atoms with Gasteiger partial charge in [0.25, 0.3) is 5.91 Å². The number of unbranched alkanes of at least 4 members (excludes halogenated alkanes) is 2. The summed E-state index contributed by atoms with van der Waals surface area (Å²) in [6.45, 7) is 5.48. The van der Waals surface area contributed by atoms with Crippen LogP contribution in [0.4, 0.5) is 0 Å². The lowest BCUT2D eigenvalue weighted by molar-refractivity contribution is 0.0930. The highest BCUT2D eigenvalue weighted by Gasteiger charge is 2.24. The van der Waals surface area contributed by atoms with Crippen molar-refractivity contribution in [3.8, 4) is 0 Å². The number of carbonyl (C=O) groups is 1. The van der Waals surface area contributed by atoms with E-state index in [1.54, 1.807) is 0 Å². The minimum atomic E-state index is 0.0455. The Kier molecular flexibility index (Phi) is 5.01. The molecule has 3 rings (SSSR count). The van der Waals surface area contributed by atoms with Crippen molar-refractivity contribution in [3.63, 3.8) is 0 Å². The highest BCUT2D eigenvalue weighted by molar-refractivity contribution is 5.98. The van der Waals surface area contributed by atoms with Gasteiger partial charge in [-0.15, -0.1) is 0 Å². The number of likely N-dealkylation sites (tertiary alicyclic amines) is 1. The smallest absolute Gasteiger partial charge is 0.268 e. The predicted molar refractivity (Wildman–Crippen MR) is 94.8 cm³/mol. The highest BCUT2D eigenvalue weighted by atomic mass is 16.2. The lowest BCUT2D eigenvalue weighted by atomic mass is 10.2. The monoisotopic (exact) mass is 313 g/mol. The van der Waals surface area contributed by atoms with Crippen LogP contribution >= 0.6 is 0 Å². The van der Waals surface area contributed by atoms with Crippen molar-refractivity contribution in [1.29, 1.82) is 0 Å². The molecular formula is C19H27N3O. The third kappa shape index (κ3) is 3.58. The number of amides is 1. The second kappa shape index (κ2) is 7.18. The number of hydrogen-bond donors (Lipinski definition) is 1. The molecule has 4 heteroatoms. The molecule has 0 unspecified atom stereocenters. The Morgan fingerprint density at radius 1 is 1.30 bits per heavy atom. The first kappa shape index (κ1) is 16.1. The van der Waals surface area contributed by atoms with Crippen molar-refractivity contribution in [1.82, 2.24) is 14.8 Å². The summed E-state index contributed by atoms with van der Waals surface area (Å²) in [7, 11) is 1.96. The van der Waals surface area contributed by atoms with E-state index in [4.69, 9.17) is 0 Å². The van der Waals surface area contributed by atoms with E-state index in [1.165, 1.54) is 19.3 Å². The quantitative estimate of drug-likeness (QED) is 0.832. The Morgan fingerprint density at radius 3 is 2.91 bits per heavy atom. The van der Waals surface area contributed by atoms with Crippen molar-refractivity contribution in [2.75, 3.05) is 19.6 Å². The van der Waals surface area contributed by atoms with Gasteiger partial charge in [0.2, 0.25) is 0 Å². The Morgan fingerprint density at radius 2 is 2.13 bits per heavy atom. The SMILES string of the molecule is CCCCCN1CC[C@H](NC(=O)c2cc3ccccc3n2C)C1. The second-order valence-corrected chi connectivity index (χ2v) is 6.61. The van der Waals surface area contributed by atoms with Crippen LogP contribution in [0.5, 0.6) is 0 Å². The fraction of sp³-hybridized carbons (Fsp3) is 0.526. The molecule has 1 N–H and O–H groups in total. The lowest BCUT2D eigenvalue weighted by Crippen LogP contribution is -2.38. The first-order valence-corrected chi connectivity index (χ1v) is 8.76. The Labute approximate surface area is 138 Å². The number of nitrogens with zero attached hydrogens (tertiary/aromatic N) is 2. The molecule has 1 amide bonds. The predicted octanol–water partition coefficient (Wildman–Crippen LogP) is 3.17. The number of hydrogen-bond acceptors (Lipinski definition) is 2. The number of carbonyl (C=O) groups excluding carboxylic acids is 1. The van der Waals surface area contributed by atoms with Crippen LogP contribution in [0.2, 0.25) is 0 Å². The maximum absolute atomic E-state index is 12.6. The van der Waals surface area contributed by atoms with Gasteiger partial charge in [-0.2, -0.15) is 0 Å². The van der Waals surface area contributed by atoms with Gasteiger partial charge in [0.1, 0.15) is 5.69 Å². The third-order valence-electron chi connectivity index (χ3n) is 4.87. The number of benzene rings is 1. The van der Waals surface area contributed by atoms with Crippen LogP contribution < -0.4 is 5.32 Å². The molecule has 2 heterocycles. The molecule has 2 aromatic rings. The summed E-state index contributed by atoms with van der Waals surface area (Å²) in [6, 6.07) is 10.4. The number of para-hydroxylation sites is 1. The molecule has 23 heavy (non-hydrogen) atoms. The fourth-order valence-corrected chi connectivity index (χ4v) is 3.51. The lowest BCUT2D eigenvalue weighted by Gasteiger charge is -2.16. The van der Waals surface area contributed by atoms with Crippen LogP contribution in [-0.2, 0) is 7.05 Å². The average molecular weight is 313 g/mol. The van der Waals surface area contributed by atoms with E-state index in [-0.39, 0.29) is 11.9 Å². The van der Waals surface area contributed by atoms with Crippen LogP contribution in [0.1, 0.15) is 43.1 Å². The minimum absolute atomic E-state index is 0.0455. The van der Waals surface area contributed by atoms with Crippen molar-refractivity contribution in [3.05, 3.63) is 36.0 Å². The molecule has 1 aromatic heterocycles. The summed E-state index contributed by atoms with van der Waals surface area (Å²) in [5.74, 6) is 0.0455. The highest BCUT2D eigenvalue weighted by Crippen LogP contribution is 2.19. The maximum atomic E-state index is 12.6. The van der Waals surface area contributed by atoms with Crippen molar-refractivity contribution >= 4 is 16.8 Å². The molecule has 1 saturated heterocycles. The molecule has 1 atom stereocenters.